The minimum atomic E-state index is -0.651. The highest BCUT2D eigenvalue weighted by Gasteiger charge is 2.23. The molecular weight excluding hydrogens is 431 g/mol. The highest BCUT2D eigenvalue weighted by Crippen LogP contribution is 2.08. The Morgan fingerprint density at radius 2 is 1.68 bits per heavy atom. The highest BCUT2D eigenvalue weighted by molar-refractivity contribution is 5.94. The molecule has 2 aromatic rings. The van der Waals surface area contributed by atoms with Crippen LogP contribution < -0.4 is 33.9 Å². The average Bonchev–Trinajstić information content (AvgIpc) is 2.54. The molecule has 0 bridgehead atoms. The van der Waals surface area contributed by atoms with Crippen molar-refractivity contribution in [2.24, 2.45) is 7.05 Å². The highest BCUT2D eigenvalue weighted by atomic mass is 127. The van der Waals surface area contributed by atoms with Crippen LogP contribution >= 0.6 is 0 Å². The summed E-state index contributed by atoms with van der Waals surface area (Å²) in [4.78, 5) is 24.2. The van der Waals surface area contributed by atoms with Crippen molar-refractivity contribution < 1.29 is 42.9 Å². The first kappa shape index (κ1) is 21.1. The lowest BCUT2D eigenvalue weighted by atomic mass is 10.1. The van der Waals surface area contributed by atoms with Crippen LogP contribution in [0.3, 0.4) is 0 Å². The molecule has 0 atom stereocenters. The van der Waals surface area contributed by atoms with Crippen LogP contribution in [0, 0.1) is 0 Å². The number of hydrogen-bond donors (Lipinski definition) is 1. The molecule has 0 unspecified atom stereocenters. The Hall–Kier alpha value is -1.96. The Kier molecular flexibility index (Phi) is 8.02. The molecule has 5 nitrogen and oxygen atoms in total. The molecule has 1 aromatic carbocycles. The lowest BCUT2D eigenvalue weighted by molar-refractivity contribution is -0.671. The zero-order valence-corrected chi connectivity index (χ0v) is 16.8. The van der Waals surface area contributed by atoms with E-state index in [1.807, 2.05) is 68.2 Å². The van der Waals surface area contributed by atoms with Gasteiger partial charge < -0.3 is 34.0 Å². The van der Waals surface area contributed by atoms with Gasteiger partial charge in [0.2, 0.25) is 0 Å². The maximum absolute atomic E-state index is 12.2. The van der Waals surface area contributed by atoms with E-state index in [1.54, 1.807) is 12.1 Å². The van der Waals surface area contributed by atoms with Gasteiger partial charge in [-0.15, -0.1) is 0 Å². The maximum atomic E-state index is 12.2. The lowest BCUT2D eigenvalue weighted by Gasteiger charge is -2.25. The number of rotatable bonds is 6. The van der Waals surface area contributed by atoms with E-state index in [-0.39, 0.29) is 48.9 Å². The van der Waals surface area contributed by atoms with Crippen LogP contribution in [0.5, 0.6) is 0 Å². The number of carbonyl (C=O) groups excluding carboxylic acids is 2. The number of esters is 1. The van der Waals surface area contributed by atoms with E-state index >= 15 is 0 Å². The Labute approximate surface area is 165 Å². The van der Waals surface area contributed by atoms with Crippen LogP contribution in [-0.4, -0.2) is 24.0 Å². The van der Waals surface area contributed by atoms with Gasteiger partial charge in [-0.05, 0) is 19.4 Å². The molecule has 0 fully saturated rings. The topological polar surface area (TPSA) is 59.3 Å². The SMILES string of the molecule is C[n+]1ccc(C(=O)NC(C)(C)COC(=O)Cc2ccccc2)cc1.[I-]. The van der Waals surface area contributed by atoms with Gasteiger partial charge in [0.1, 0.15) is 13.7 Å². The molecule has 6 heteroatoms. The monoisotopic (exact) mass is 454 g/mol. The van der Waals surface area contributed by atoms with Crippen molar-refractivity contribution in [1.82, 2.24) is 5.32 Å². The van der Waals surface area contributed by atoms with E-state index in [9.17, 15) is 9.59 Å². The number of nitrogens with one attached hydrogen (secondary N) is 1. The number of pyridine rings is 1. The molecule has 0 spiro atoms. The number of hydrogen-bond acceptors (Lipinski definition) is 3. The van der Waals surface area contributed by atoms with Crippen molar-refractivity contribution in [2.45, 2.75) is 25.8 Å². The number of halogens is 1. The number of amides is 1. The Morgan fingerprint density at radius 1 is 1.08 bits per heavy atom. The second kappa shape index (κ2) is 9.50. The summed E-state index contributed by atoms with van der Waals surface area (Å²) in [5, 5.41) is 2.89. The summed E-state index contributed by atoms with van der Waals surface area (Å²) in [5.74, 6) is -0.505. The van der Waals surface area contributed by atoms with Gasteiger partial charge in [-0.3, -0.25) is 9.59 Å². The Bertz CT molecular complexity index is 700. The molecule has 1 amide bonds. The Balaban J connectivity index is 0.00000312. The van der Waals surface area contributed by atoms with Crippen molar-refractivity contribution in [3.05, 3.63) is 66.0 Å². The van der Waals surface area contributed by atoms with Crippen LogP contribution in [0.2, 0.25) is 0 Å². The largest absolute Gasteiger partial charge is 1.00 e. The molecule has 2 rings (SSSR count). The summed E-state index contributed by atoms with van der Waals surface area (Å²) in [6.45, 7) is 3.76. The molecule has 0 radical (unpaired) electrons. The fourth-order valence-electron chi connectivity index (χ4n) is 2.14. The second-order valence-electron chi connectivity index (χ2n) is 6.41. The van der Waals surface area contributed by atoms with Crippen LogP contribution in [0.1, 0.15) is 29.8 Å². The van der Waals surface area contributed by atoms with Crippen LogP contribution in [0.25, 0.3) is 0 Å². The normalized spacial score (nSPS) is 10.5. The number of nitrogens with zero attached hydrogens (tertiary/aromatic N) is 1. The first-order valence-corrected chi connectivity index (χ1v) is 7.83. The van der Waals surface area contributed by atoms with Gasteiger partial charge in [-0.2, -0.15) is 0 Å². The first-order valence-electron chi connectivity index (χ1n) is 7.83. The van der Waals surface area contributed by atoms with Crippen molar-refractivity contribution >= 4 is 11.9 Å². The Morgan fingerprint density at radius 3 is 2.28 bits per heavy atom. The van der Waals surface area contributed by atoms with E-state index in [4.69, 9.17) is 4.74 Å². The summed E-state index contributed by atoms with van der Waals surface area (Å²) in [5.41, 5.74) is 0.819. The molecule has 0 saturated carbocycles. The van der Waals surface area contributed by atoms with Gasteiger partial charge in [-0.1, -0.05) is 30.3 Å². The molecule has 0 aliphatic heterocycles. The van der Waals surface area contributed by atoms with Crippen LogP contribution in [0.15, 0.2) is 54.9 Å². The van der Waals surface area contributed by atoms with Gasteiger partial charge in [-0.25, -0.2) is 4.57 Å². The third-order valence-electron chi connectivity index (χ3n) is 3.48. The minimum Gasteiger partial charge on any atom is -1.00 e. The van der Waals surface area contributed by atoms with Crippen molar-refractivity contribution in [3.63, 3.8) is 0 Å². The van der Waals surface area contributed by atoms with E-state index in [2.05, 4.69) is 5.32 Å². The van der Waals surface area contributed by atoms with Crippen molar-refractivity contribution in [3.8, 4) is 0 Å². The molecule has 0 aliphatic carbocycles. The fraction of sp³-hybridized carbons (Fsp3) is 0.316. The van der Waals surface area contributed by atoms with E-state index in [0.29, 0.717) is 5.56 Å². The van der Waals surface area contributed by atoms with Crippen molar-refractivity contribution in [2.75, 3.05) is 6.61 Å². The van der Waals surface area contributed by atoms with Gasteiger partial charge in [0.15, 0.2) is 12.4 Å². The van der Waals surface area contributed by atoms with Gasteiger partial charge in [0.05, 0.1) is 17.5 Å². The number of aromatic nitrogens is 1. The number of ether oxygens (including phenoxy) is 1. The third-order valence-corrected chi connectivity index (χ3v) is 3.48. The molecule has 1 heterocycles. The van der Waals surface area contributed by atoms with E-state index < -0.39 is 5.54 Å². The zero-order valence-electron chi connectivity index (χ0n) is 14.7. The van der Waals surface area contributed by atoms with Crippen molar-refractivity contribution in [1.29, 1.82) is 0 Å². The molecule has 1 aromatic heterocycles. The smallest absolute Gasteiger partial charge is 0.310 e. The van der Waals surface area contributed by atoms with Crippen LogP contribution in [-0.2, 0) is 23.0 Å². The molecule has 1 N–H and O–H groups in total. The summed E-state index contributed by atoms with van der Waals surface area (Å²) >= 11 is 0. The minimum absolute atomic E-state index is 0. The van der Waals surface area contributed by atoms with E-state index in [0.717, 1.165) is 5.56 Å². The lowest BCUT2D eigenvalue weighted by Crippen LogP contribution is -3.00. The summed E-state index contributed by atoms with van der Waals surface area (Å²) in [7, 11) is 1.89. The molecule has 0 saturated heterocycles. The molecular formula is C19H23IN2O3. The average molecular weight is 454 g/mol. The fourth-order valence-corrected chi connectivity index (χ4v) is 2.14. The molecule has 134 valence electrons. The summed E-state index contributed by atoms with van der Waals surface area (Å²) in [6, 6.07) is 12.9. The maximum Gasteiger partial charge on any atom is 0.310 e. The zero-order chi connectivity index (χ0) is 17.6. The van der Waals surface area contributed by atoms with Crippen LogP contribution in [0.4, 0.5) is 0 Å². The number of aryl methyl sites for hydroxylation is 1. The standard InChI is InChI=1S/C19H22N2O3.HI/c1-19(2,20-18(23)16-9-11-21(3)12-10-16)14-24-17(22)13-15-7-5-4-6-8-15;/h4-12H,13-14H2,1-3H3;1H. The first-order chi connectivity index (χ1) is 11.4. The van der Waals surface area contributed by atoms with Gasteiger partial charge in [0.25, 0.3) is 5.91 Å². The predicted octanol–water partition coefficient (Wildman–Crippen LogP) is -1.19. The number of carbonyl (C=O) groups is 2. The molecule has 25 heavy (non-hydrogen) atoms. The third kappa shape index (κ3) is 7.21. The molecule has 0 aliphatic rings. The second-order valence-corrected chi connectivity index (χ2v) is 6.41. The van der Waals surface area contributed by atoms with Gasteiger partial charge >= 0.3 is 5.97 Å². The predicted molar refractivity (Wildman–Crippen MR) is 90.3 cm³/mol. The summed E-state index contributed by atoms with van der Waals surface area (Å²) < 4.78 is 7.16. The number of benzene rings is 1. The van der Waals surface area contributed by atoms with Gasteiger partial charge in [0, 0.05) is 12.1 Å². The van der Waals surface area contributed by atoms with E-state index in [1.165, 1.54) is 0 Å². The quantitative estimate of drug-likeness (QED) is 0.340. The summed E-state index contributed by atoms with van der Waals surface area (Å²) in [6.07, 6.45) is 3.84.